The van der Waals surface area contributed by atoms with Gasteiger partial charge in [-0.3, -0.25) is 9.59 Å². The second-order valence-electron chi connectivity index (χ2n) is 5.29. The Kier molecular flexibility index (Phi) is 2.79. The van der Waals surface area contributed by atoms with Crippen LogP contribution in [0.4, 0.5) is 5.82 Å². The zero-order chi connectivity index (χ0) is 15.1. The van der Waals surface area contributed by atoms with E-state index >= 15 is 0 Å². The average Bonchev–Trinajstić information content (AvgIpc) is 2.97. The van der Waals surface area contributed by atoms with Crippen molar-refractivity contribution in [3.05, 3.63) is 70.1 Å². The molecule has 1 aliphatic heterocycles. The fourth-order valence-corrected chi connectivity index (χ4v) is 2.95. The van der Waals surface area contributed by atoms with Gasteiger partial charge < -0.3 is 9.88 Å². The summed E-state index contributed by atoms with van der Waals surface area (Å²) in [6.07, 6.45) is 2.42. The van der Waals surface area contributed by atoms with Crippen LogP contribution in [-0.2, 0) is 13.0 Å². The van der Waals surface area contributed by atoms with Crippen molar-refractivity contribution < 1.29 is 4.79 Å². The Morgan fingerprint density at radius 3 is 2.91 bits per heavy atom. The van der Waals surface area contributed by atoms with E-state index in [0.29, 0.717) is 12.4 Å². The first-order valence-electron chi connectivity index (χ1n) is 7.12. The largest absolute Gasteiger partial charge is 0.307 e. The SMILES string of the molecule is O=C(Nc1ccccn1)c1cc2cccc3c2n(c1=O)CC3. The lowest BCUT2D eigenvalue weighted by molar-refractivity contribution is 0.102. The van der Waals surface area contributed by atoms with Crippen molar-refractivity contribution in [3.8, 4) is 0 Å². The lowest BCUT2D eigenvalue weighted by Gasteiger charge is -2.08. The van der Waals surface area contributed by atoms with Gasteiger partial charge in [-0.25, -0.2) is 4.98 Å². The Labute approximate surface area is 126 Å². The van der Waals surface area contributed by atoms with Crippen LogP contribution in [0.5, 0.6) is 0 Å². The maximum absolute atomic E-state index is 12.6. The highest BCUT2D eigenvalue weighted by atomic mass is 16.2. The summed E-state index contributed by atoms with van der Waals surface area (Å²) in [5.41, 5.74) is 2.01. The van der Waals surface area contributed by atoms with Gasteiger partial charge in [0, 0.05) is 12.7 Å². The number of nitrogens with one attached hydrogen (secondary N) is 1. The first-order chi connectivity index (χ1) is 10.7. The number of anilines is 1. The third-order valence-corrected chi connectivity index (χ3v) is 3.95. The molecule has 3 heterocycles. The highest BCUT2D eigenvalue weighted by molar-refractivity contribution is 6.05. The number of carbonyl (C=O) groups is 1. The second-order valence-corrected chi connectivity index (χ2v) is 5.29. The summed E-state index contributed by atoms with van der Waals surface area (Å²) >= 11 is 0. The maximum Gasteiger partial charge on any atom is 0.263 e. The number of rotatable bonds is 2. The van der Waals surface area contributed by atoms with Crippen LogP contribution in [-0.4, -0.2) is 15.5 Å². The predicted molar refractivity (Wildman–Crippen MR) is 84.1 cm³/mol. The lowest BCUT2D eigenvalue weighted by Crippen LogP contribution is -2.28. The number of carbonyl (C=O) groups excluding carboxylic acids is 1. The van der Waals surface area contributed by atoms with Crippen LogP contribution in [0, 0.1) is 0 Å². The van der Waals surface area contributed by atoms with Gasteiger partial charge in [-0.2, -0.15) is 0 Å². The fourth-order valence-electron chi connectivity index (χ4n) is 2.95. The molecule has 0 bridgehead atoms. The molecule has 0 atom stereocenters. The van der Waals surface area contributed by atoms with Gasteiger partial charge in [-0.05, 0) is 35.6 Å². The summed E-state index contributed by atoms with van der Waals surface area (Å²) in [5, 5.41) is 3.59. The van der Waals surface area contributed by atoms with E-state index in [1.54, 1.807) is 35.0 Å². The van der Waals surface area contributed by atoms with Crippen LogP contribution in [0.15, 0.2) is 53.5 Å². The Morgan fingerprint density at radius 2 is 2.09 bits per heavy atom. The normalized spacial score (nSPS) is 12.5. The summed E-state index contributed by atoms with van der Waals surface area (Å²) < 4.78 is 1.69. The molecule has 3 aromatic rings. The van der Waals surface area contributed by atoms with Crippen molar-refractivity contribution in [3.63, 3.8) is 0 Å². The summed E-state index contributed by atoms with van der Waals surface area (Å²) in [5.74, 6) is 0.00817. The number of nitrogens with zero attached hydrogens (tertiary/aromatic N) is 2. The van der Waals surface area contributed by atoms with E-state index in [9.17, 15) is 9.59 Å². The van der Waals surface area contributed by atoms with Crippen molar-refractivity contribution in [2.75, 3.05) is 5.32 Å². The molecule has 0 fully saturated rings. The number of pyridine rings is 2. The number of aromatic nitrogens is 2. The van der Waals surface area contributed by atoms with Crippen molar-refractivity contribution in [2.45, 2.75) is 13.0 Å². The predicted octanol–water partition coefficient (Wildman–Crippen LogP) is 2.20. The van der Waals surface area contributed by atoms with Crippen molar-refractivity contribution in [1.29, 1.82) is 0 Å². The molecule has 108 valence electrons. The van der Waals surface area contributed by atoms with E-state index in [1.807, 2.05) is 18.2 Å². The number of benzene rings is 1. The fraction of sp³-hybridized carbons (Fsp3) is 0.118. The van der Waals surface area contributed by atoms with Gasteiger partial charge in [0.05, 0.1) is 5.52 Å². The number of aryl methyl sites for hydroxylation is 2. The van der Waals surface area contributed by atoms with Gasteiger partial charge in [0.2, 0.25) is 0 Å². The van der Waals surface area contributed by atoms with Gasteiger partial charge in [-0.15, -0.1) is 0 Å². The van der Waals surface area contributed by atoms with Gasteiger partial charge in [-0.1, -0.05) is 24.3 Å². The molecule has 1 N–H and O–H groups in total. The standard InChI is InChI=1S/C17H13N3O2/c21-16(19-14-6-1-2-8-18-14)13-10-12-5-3-4-11-7-9-20(15(11)12)17(13)22/h1-6,8,10H,7,9H2,(H,18,19,21). The third kappa shape index (κ3) is 1.90. The first-order valence-corrected chi connectivity index (χ1v) is 7.12. The van der Waals surface area contributed by atoms with E-state index in [0.717, 1.165) is 22.9 Å². The van der Waals surface area contributed by atoms with E-state index in [2.05, 4.69) is 10.3 Å². The Bertz CT molecular complexity index is 945. The minimum absolute atomic E-state index is 0.150. The van der Waals surface area contributed by atoms with Crippen LogP contribution >= 0.6 is 0 Å². The number of amides is 1. The molecule has 0 aliphatic carbocycles. The van der Waals surface area contributed by atoms with Gasteiger partial charge in [0.25, 0.3) is 11.5 Å². The van der Waals surface area contributed by atoms with Crippen molar-refractivity contribution in [1.82, 2.24) is 9.55 Å². The number of hydrogen-bond acceptors (Lipinski definition) is 3. The molecule has 4 rings (SSSR count). The molecule has 0 spiro atoms. The van der Waals surface area contributed by atoms with Crippen LogP contribution in [0.1, 0.15) is 15.9 Å². The molecular weight excluding hydrogens is 278 g/mol. The Balaban J connectivity index is 1.82. The molecule has 0 saturated carbocycles. The third-order valence-electron chi connectivity index (χ3n) is 3.95. The first kappa shape index (κ1) is 12.8. The van der Waals surface area contributed by atoms with Crippen LogP contribution in [0.25, 0.3) is 10.9 Å². The lowest BCUT2D eigenvalue weighted by atomic mass is 10.1. The smallest absolute Gasteiger partial charge is 0.263 e. The molecule has 0 saturated heterocycles. The topological polar surface area (TPSA) is 64.0 Å². The van der Waals surface area contributed by atoms with Gasteiger partial charge >= 0.3 is 0 Å². The molecule has 1 aromatic carbocycles. The molecule has 22 heavy (non-hydrogen) atoms. The van der Waals surface area contributed by atoms with Crippen LogP contribution in [0.2, 0.25) is 0 Å². The number of hydrogen-bond donors (Lipinski definition) is 1. The van der Waals surface area contributed by atoms with Crippen molar-refractivity contribution >= 4 is 22.6 Å². The second kappa shape index (κ2) is 4.80. The Hall–Kier alpha value is -2.95. The molecular formula is C17H13N3O2. The minimum atomic E-state index is -0.424. The minimum Gasteiger partial charge on any atom is -0.307 e. The summed E-state index contributed by atoms with van der Waals surface area (Å²) in [6.45, 7) is 0.624. The molecule has 5 nitrogen and oxygen atoms in total. The molecule has 2 aromatic heterocycles. The zero-order valence-electron chi connectivity index (χ0n) is 11.7. The van der Waals surface area contributed by atoms with Gasteiger partial charge in [0.15, 0.2) is 0 Å². The highest BCUT2D eigenvalue weighted by Gasteiger charge is 2.20. The monoisotopic (exact) mass is 291 g/mol. The van der Waals surface area contributed by atoms with E-state index in [1.165, 1.54) is 0 Å². The van der Waals surface area contributed by atoms with Crippen molar-refractivity contribution in [2.24, 2.45) is 0 Å². The highest BCUT2D eigenvalue weighted by Crippen LogP contribution is 2.24. The van der Waals surface area contributed by atoms with E-state index in [4.69, 9.17) is 0 Å². The quantitative estimate of drug-likeness (QED) is 0.787. The molecule has 1 amide bonds. The van der Waals surface area contributed by atoms with Crippen LogP contribution in [0.3, 0.4) is 0 Å². The number of para-hydroxylation sites is 1. The van der Waals surface area contributed by atoms with E-state index < -0.39 is 5.91 Å². The summed E-state index contributed by atoms with van der Waals surface area (Å²) in [7, 11) is 0. The zero-order valence-corrected chi connectivity index (χ0v) is 11.7. The maximum atomic E-state index is 12.6. The summed E-state index contributed by atoms with van der Waals surface area (Å²) in [6, 6.07) is 12.8. The summed E-state index contributed by atoms with van der Waals surface area (Å²) in [4.78, 5) is 29.0. The van der Waals surface area contributed by atoms with Gasteiger partial charge in [0.1, 0.15) is 11.4 Å². The van der Waals surface area contributed by atoms with Crippen LogP contribution < -0.4 is 10.9 Å². The average molecular weight is 291 g/mol. The molecule has 5 heteroatoms. The molecule has 0 unspecified atom stereocenters. The molecule has 1 aliphatic rings. The van der Waals surface area contributed by atoms with E-state index in [-0.39, 0.29) is 11.1 Å². The molecule has 0 radical (unpaired) electrons. The Morgan fingerprint density at radius 1 is 1.18 bits per heavy atom.